The smallest absolute Gasteiger partial charge is 0.417 e. The standard InChI is InChI=1S/C34H57N3O5/c1-3-4-5-6-7-8-9-10-11-12-13-14-15-16-17-19-26-36-33(39)41-28-32(30-22-21-23-30)42-34(40)37(29(2)38)27-31-24-18-20-25-35-31/h18,20,24-25,30,32H,3-17,19,21-23,26-28H2,1-2H3,(H,36,39). The van der Waals surface area contributed by atoms with E-state index in [0.717, 1.165) is 37.0 Å². The van der Waals surface area contributed by atoms with Crippen LogP contribution in [0.5, 0.6) is 0 Å². The van der Waals surface area contributed by atoms with Crippen molar-refractivity contribution in [3.05, 3.63) is 30.1 Å². The highest BCUT2D eigenvalue weighted by Crippen LogP contribution is 2.32. The zero-order chi connectivity index (χ0) is 30.3. The summed E-state index contributed by atoms with van der Waals surface area (Å²) in [6, 6.07) is 5.32. The Morgan fingerprint density at radius 2 is 1.45 bits per heavy atom. The van der Waals surface area contributed by atoms with E-state index in [-0.39, 0.29) is 19.1 Å². The van der Waals surface area contributed by atoms with Crippen LogP contribution in [0.1, 0.15) is 142 Å². The van der Waals surface area contributed by atoms with Gasteiger partial charge in [-0.2, -0.15) is 0 Å². The molecule has 0 radical (unpaired) electrons. The van der Waals surface area contributed by atoms with E-state index >= 15 is 0 Å². The number of ether oxygens (including phenoxy) is 2. The monoisotopic (exact) mass is 587 g/mol. The molecule has 1 unspecified atom stereocenters. The lowest BCUT2D eigenvalue weighted by atomic mass is 9.81. The zero-order valence-corrected chi connectivity index (χ0v) is 26.5. The van der Waals surface area contributed by atoms with Crippen molar-refractivity contribution in [2.45, 2.75) is 148 Å². The normalized spacial score (nSPS) is 13.7. The maximum absolute atomic E-state index is 12.8. The first kappa shape index (κ1) is 35.6. The van der Waals surface area contributed by atoms with Gasteiger partial charge in [0.15, 0.2) is 0 Å². The van der Waals surface area contributed by atoms with Gasteiger partial charge in [0.1, 0.15) is 12.7 Å². The van der Waals surface area contributed by atoms with Gasteiger partial charge in [-0.15, -0.1) is 0 Å². The summed E-state index contributed by atoms with van der Waals surface area (Å²) in [7, 11) is 0. The van der Waals surface area contributed by atoms with Crippen LogP contribution in [0.4, 0.5) is 9.59 Å². The van der Waals surface area contributed by atoms with E-state index in [9.17, 15) is 14.4 Å². The van der Waals surface area contributed by atoms with Crippen molar-refractivity contribution in [3.63, 3.8) is 0 Å². The Hall–Kier alpha value is -2.64. The van der Waals surface area contributed by atoms with Crippen LogP contribution in [0.15, 0.2) is 24.4 Å². The Balaban J connectivity index is 1.50. The number of nitrogens with zero attached hydrogens (tertiary/aromatic N) is 2. The van der Waals surface area contributed by atoms with Gasteiger partial charge in [-0.05, 0) is 37.3 Å². The average Bonchev–Trinajstić information content (AvgIpc) is 2.95. The predicted molar refractivity (Wildman–Crippen MR) is 167 cm³/mol. The summed E-state index contributed by atoms with van der Waals surface area (Å²) in [5.41, 5.74) is 0.592. The van der Waals surface area contributed by atoms with Crippen LogP contribution in [0.3, 0.4) is 0 Å². The van der Waals surface area contributed by atoms with Gasteiger partial charge in [0.2, 0.25) is 5.91 Å². The lowest BCUT2D eigenvalue weighted by Crippen LogP contribution is -2.43. The second-order valence-corrected chi connectivity index (χ2v) is 11.9. The van der Waals surface area contributed by atoms with E-state index in [0.29, 0.717) is 12.2 Å². The number of carbonyl (C=O) groups excluding carboxylic acids is 3. The molecule has 1 aliphatic carbocycles. The van der Waals surface area contributed by atoms with Crippen molar-refractivity contribution in [2.75, 3.05) is 13.2 Å². The molecule has 1 aromatic rings. The van der Waals surface area contributed by atoms with Crippen LogP contribution in [0.25, 0.3) is 0 Å². The average molecular weight is 588 g/mol. The van der Waals surface area contributed by atoms with Gasteiger partial charge in [0.25, 0.3) is 0 Å². The third kappa shape index (κ3) is 16.1. The molecule has 1 atom stereocenters. The van der Waals surface area contributed by atoms with Gasteiger partial charge in [0, 0.05) is 19.7 Å². The minimum atomic E-state index is -0.734. The van der Waals surface area contributed by atoms with E-state index in [1.807, 2.05) is 0 Å². The second kappa shape index (κ2) is 22.9. The third-order valence-corrected chi connectivity index (χ3v) is 8.25. The van der Waals surface area contributed by atoms with E-state index in [1.165, 1.54) is 96.8 Å². The van der Waals surface area contributed by atoms with Crippen LogP contribution in [-0.2, 0) is 20.8 Å². The number of unbranched alkanes of at least 4 members (excludes halogenated alkanes) is 15. The fourth-order valence-electron chi connectivity index (χ4n) is 5.30. The Morgan fingerprint density at radius 3 is 1.93 bits per heavy atom. The topological polar surface area (TPSA) is 97.8 Å². The van der Waals surface area contributed by atoms with E-state index in [1.54, 1.807) is 24.4 Å². The number of aromatic nitrogens is 1. The summed E-state index contributed by atoms with van der Waals surface area (Å²) in [6.07, 6.45) is 23.7. The molecule has 1 N–H and O–H groups in total. The molecule has 8 nitrogen and oxygen atoms in total. The summed E-state index contributed by atoms with van der Waals surface area (Å²) in [6.45, 7) is 4.19. The van der Waals surface area contributed by atoms with Gasteiger partial charge in [-0.3, -0.25) is 9.78 Å². The number of nitrogens with one attached hydrogen (secondary N) is 1. The molecule has 0 spiro atoms. The summed E-state index contributed by atoms with van der Waals surface area (Å²) in [5, 5.41) is 2.82. The number of alkyl carbamates (subject to hydrolysis) is 1. The molecule has 0 aliphatic heterocycles. The number of imide groups is 1. The van der Waals surface area contributed by atoms with Gasteiger partial charge in [0.05, 0.1) is 12.2 Å². The van der Waals surface area contributed by atoms with Crippen LogP contribution in [-0.4, -0.2) is 47.2 Å². The molecule has 0 aromatic carbocycles. The first-order valence-corrected chi connectivity index (χ1v) is 16.8. The number of amides is 3. The van der Waals surface area contributed by atoms with Crippen molar-refractivity contribution in [2.24, 2.45) is 5.92 Å². The van der Waals surface area contributed by atoms with Gasteiger partial charge in [-0.1, -0.05) is 116 Å². The van der Waals surface area contributed by atoms with Gasteiger partial charge < -0.3 is 14.8 Å². The molecule has 1 aromatic heterocycles. The molecular weight excluding hydrogens is 530 g/mol. The lowest BCUT2D eigenvalue weighted by Gasteiger charge is -2.33. The Morgan fingerprint density at radius 1 is 0.881 bits per heavy atom. The zero-order valence-electron chi connectivity index (χ0n) is 26.5. The lowest BCUT2D eigenvalue weighted by molar-refractivity contribution is -0.129. The number of hydrogen-bond donors (Lipinski definition) is 1. The molecule has 238 valence electrons. The summed E-state index contributed by atoms with van der Waals surface area (Å²) in [4.78, 5) is 42.4. The van der Waals surface area contributed by atoms with Crippen molar-refractivity contribution in [1.82, 2.24) is 15.2 Å². The molecule has 1 fully saturated rings. The highest BCUT2D eigenvalue weighted by molar-refractivity contribution is 5.90. The molecular formula is C34H57N3O5. The Bertz CT molecular complexity index is 862. The SMILES string of the molecule is CCCCCCCCCCCCCCCCCCNC(=O)OCC(OC(=O)N(Cc1ccccn1)C(C)=O)C1CCC1. The molecule has 1 saturated carbocycles. The van der Waals surface area contributed by atoms with Crippen molar-refractivity contribution in [1.29, 1.82) is 0 Å². The number of hydrogen-bond acceptors (Lipinski definition) is 6. The van der Waals surface area contributed by atoms with Crippen molar-refractivity contribution >= 4 is 18.1 Å². The highest BCUT2D eigenvalue weighted by atomic mass is 16.6. The van der Waals surface area contributed by atoms with Crippen LogP contribution in [0, 0.1) is 5.92 Å². The van der Waals surface area contributed by atoms with E-state index < -0.39 is 24.2 Å². The minimum absolute atomic E-state index is 0.0173. The van der Waals surface area contributed by atoms with Crippen LogP contribution >= 0.6 is 0 Å². The molecule has 2 rings (SSSR count). The maximum atomic E-state index is 12.8. The van der Waals surface area contributed by atoms with Gasteiger partial charge >= 0.3 is 12.2 Å². The predicted octanol–water partition coefficient (Wildman–Crippen LogP) is 8.72. The maximum Gasteiger partial charge on any atom is 0.417 e. The fourth-order valence-corrected chi connectivity index (χ4v) is 5.30. The summed E-state index contributed by atoms with van der Waals surface area (Å²) in [5.74, 6) is -0.291. The number of rotatable bonds is 23. The molecule has 0 saturated heterocycles. The van der Waals surface area contributed by atoms with E-state index in [2.05, 4.69) is 17.2 Å². The Kier molecular flexibility index (Phi) is 19.4. The molecule has 1 heterocycles. The first-order chi connectivity index (χ1) is 20.5. The summed E-state index contributed by atoms with van der Waals surface area (Å²) < 4.78 is 11.1. The van der Waals surface area contributed by atoms with Crippen molar-refractivity contribution in [3.8, 4) is 0 Å². The van der Waals surface area contributed by atoms with Gasteiger partial charge in [-0.25, -0.2) is 14.5 Å². The van der Waals surface area contributed by atoms with Crippen LogP contribution in [0.2, 0.25) is 0 Å². The second-order valence-electron chi connectivity index (χ2n) is 11.9. The Labute approximate surface area is 254 Å². The summed E-state index contributed by atoms with van der Waals surface area (Å²) >= 11 is 0. The first-order valence-electron chi connectivity index (χ1n) is 16.8. The molecule has 8 heteroatoms. The molecule has 42 heavy (non-hydrogen) atoms. The van der Waals surface area contributed by atoms with Crippen molar-refractivity contribution < 1.29 is 23.9 Å². The molecule has 1 aliphatic rings. The number of pyridine rings is 1. The molecule has 3 amide bonds. The minimum Gasteiger partial charge on any atom is -0.446 e. The quantitative estimate of drug-likeness (QED) is 0.129. The largest absolute Gasteiger partial charge is 0.446 e. The van der Waals surface area contributed by atoms with E-state index in [4.69, 9.17) is 9.47 Å². The third-order valence-electron chi connectivity index (χ3n) is 8.25. The molecule has 0 bridgehead atoms. The van der Waals surface area contributed by atoms with Crippen LogP contribution < -0.4 is 5.32 Å². The number of carbonyl (C=O) groups is 3. The highest BCUT2D eigenvalue weighted by Gasteiger charge is 2.33. The fraction of sp³-hybridized carbons (Fsp3) is 0.765.